The molecule has 0 aliphatic rings. The molecule has 0 atom stereocenters. The smallest absolute Gasteiger partial charge is 0.153 e. The quantitative estimate of drug-likeness (QED) is 0.591. The third-order valence-electron chi connectivity index (χ3n) is 1.86. The second-order valence-corrected chi connectivity index (χ2v) is 2.71. The van der Waals surface area contributed by atoms with Crippen molar-refractivity contribution in [3.05, 3.63) is 24.2 Å². The van der Waals surface area contributed by atoms with Gasteiger partial charge < -0.3 is 10.7 Å². The second kappa shape index (κ2) is 2.41. The lowest BCUT2D eigenvalue weighted by atomic mass is 10.1. The molecule has 0 aromatic carbocycles. The van der Waals surface area contributed by atoms with Crippen LogP contribution in [0.15, 0.2) is 18.5 Å². The molecule has 12 heavy (non-hydrogen) atoms. The Kier molecular flexibility index (Phi) is 1.40. The van der Waals surface area contributed by atoms with Crippen molar-refractivity contribution in [1.82, 2.24) is 15.2 Å². The highest BCUT2D eigenvalue weighted by molar-refractivity contribution is 5.75. The first kappa shape index (κ1) is 6.97. The molecular formula is C8H10N4. The van der Waals surface area contributed by atoms with Crippen molar-refractivity contribution >= 4 is 5.82 Å². The van der Waals surface area contributed by atoms with Crippen LogP contribution in [0.3, 0.4) is 0 Å². The lowest BCUT2D eigenvalue weighted by molar-refractivity contribution is 1.05. The van der Waals surface area contributed by atoms with Crippen LogP contribution in [0, 0.1) is 6.92 Å². The van der Waals surface area contributed by atoms with Crippen molar-refractivity contribution in [2.45, 2.75) is 6.92 Å². The van der Waals surface area contributed by atoms with Gasteiger partial charge in [0.15, 0.2) is 5.82 Å². The molecule has 2 rings (SSSR count). The molecule has 2 aromatic heterocycles. The van der Waals surface area contributed by atoms with E-state index in [9.17, 15) is 0 Å². The van der Waals surface area contributed by atoms with E-state index in [1.54, 1.807) is 0 Å². The van der Waals surface area contributed by atoms with Crippen molar-refractivity contribution in [2.75, 3.05) is 5.73 Å². The summed E-state index contributed by atoms with van der Waals surface area (Å²) in [4.78, 5) is 2.98. The lowest BCUT2D eigenvalue weighted by Crippen LogP contribution is -1.86. The van der Waals surface area contributed by atoms with Gasteiger partial charge in [-0.15, -0.1) is 0 Å². The van der Waals surface area contributed by atoms with E-state index in [1.807, 2.05) is 25.4 Å². The number of nitrogens with one attached hydrogen (secondary N) is 2. The number of aryl methyl sites for hydroxylation is 1. The molecule has 4 nitrogen and oxygen atoms in total. The highest BCUT2D eigenvalue weighted by atomic mass is 15.2. The Balaban J connectivity index is 2.60. The van der Waals surface area contributed by atoms with Gasteiger partial charge in [0.1, 0.15) is 0 Å². The molecule has 0 aliphatic carbocycles. The van der Waals surface area contributed by atoms with Gasteiger partial charge in [0, 0.05) is 29.2 Å². The van der Waals surface area contributed by atoms with Crippen LogP contribution in [-0.4, -0.2) is 15.2 Å². The minimum absolute atomic E-state index is 0.548. The van der Waals surface area contributed by atoms with Crippen molar-refractivity contribution in [3.63, 3.8) is 0 Å². The van der Waals surface area contributed by atoms with E-state index in [0.29, 0.717) is 5.82 Å². The number of nitrogens with zero attached hydrogens (tertiary/aromatic N) is 1. The summed E-state index contributed by atoms with van der Waals surface area (Å²) >= 11 is 0. The average Bonchev–Trinajstić information content (AvgIpc) is 2.61. The molecule has 0 amide bonds. The maximum Gasteiger partial charge on any atom is 0.153 e. The zero-order valence-electron chi connectivity index (χ0n) is 6.76. The fourth-order valence-electron chi connectivity index (χ4n) is 1.29. The van der Waals surface area contributed by atoms with Crippen LogP contribution in [-0.2, 0) is 0 Å². The van der Waals surface area contributed by atoms with Gasteiger partial charge in [0.25, 0.3) is 0 Å². The zero-order chi connectivity index (χ0) is 8.55. The number of aromatic nitrogens is 3. The predicted octanol–water partition coefficient (Wildman–Crippen LogP) is 1.30. The predicted molar refractivity (Wildman–Crippen MR) is 47.5 cm³/mol. The van der Waals surface area contributed by atoms with Crippen molar-refractivity contribution in [2.24, 2.45) is 0 Å². The number of anilines is 1. The second-order valence-electron chi connectivity index (χ2n) is 2.71. The van der Waals surface area contributed by atoms with E-state index >= 15 is 0 Å². The molecule has 0 radical (unpaired) electrons. The summed E-state index contributed by atoms with van der Waals surface area (Å²) in [5.41, 5.74) is 8.72. The minimum Gasteiger partial charge on any atom is -0.382 e. The van der Waals surface area contributed by atoms with Gasteiger partial charge in [0.05, 0.1) is 0 Å². The summed E-state index contributed by atoms with van der Waals surface area (Å²) in [7, 11) is 0. The standard InChI is InChI=1S/C8H10N4/c1-5-7(8(9)12-11-5)6-2-3-10-4-6/h2-4,10H,1H3,(H3,9,11,12). The summed E-state index contributed by atoms with van der Waals surface area (Å²) in [6, 6.07) is 1.97. The maximum absolute atomic E-state index is 5.68. The normalized spacial score (nSPS) is 10.4. The Morgan fingerprint density at radius 3 is 2.83 bits per heavy atom. The van der Waals surface area contributed by atoms with Crippen LogP contribution >= 0.6 is 0 Å². The van der Waals surface area contributed by atoms with Gasteiger partial charge in [-0.05, 0) is 13.0 Å². The molecule has 0 saturated heterocycles. The topological polar surface area (TPSA) is 70.5 Å². The molecule has 0 aliphatic heterocycles. The zero-order valence-corrected chi connectivity index (χ0v) is 6.76. The van der Waals surface area contributed by atoms with Gasteiger partial charge in [-0.25, -0.2) is 0 Å². The first-order valence-electron chi connectivity index (χ1n) is 3.72. The maximum atomic E-state index is 5.68. The number of hydrogen-bond donors (Lipinski definition) is 3. The Hall–Kier alpha value is -1.71. The molecule has 0 unspecified atom stereocenters. The Morgan fingerprint density at radius 2 is 2.33 bits per heavy atom. The molecule has 0 fully saturated rings. The molecule has 0 saturated carbocycles. The van der Waals surface area contributed by atoms with E-state index in [-0.39, 0.29) is 0 Å². The number of aromatic amines is 2. The summed E-state index contributed by atoms with van der Waals surface area (Å²) in [6.45, 7) is 1.95. The summed E-state index contributed by atoms with van der Waals surface area (Å²) in [5.74, 6) is 0.548. The summed E-state index contributed by atoms with van der Waals surface area (Å²) < 4.78 is 0. The van der Waals surface area contributed by atoms with Gasteiger partial charge in [-0.2, -0.15) is 5.10 Å². The van der Waals surface area contributed by atoms with Gasteiger partial charge in [0.2, 0.25) is 0 Å². The molecule has 2 aromatic rings. The van der Waals surface area contributed by atoms with E-state index in [2.05, 4.69) is 15.2 Å². The van der Waals surface area contributed by atoms with E-state index < -0.39 is 0 Å². The van der Waals surface area contributed by atoms with Gasteiger partial charge in [-0.1, -0.05) is 0 Å². The van der Waals surface area contributed by atoms with E-state index in [1.165, 1.54) is 0 Å². The van der Waals surface area contributed by atoms with Crippen LogP contribution < -0.4 is 5.73 Å². The average molecular weight is 162 g/mol. The molecule has 0 bridgehead atoms. The molecule has 0 spiro atoms. The first-order chi connectivity index (χ1) is 5.79. The number of H-pyrrole nitrogens is 2. The summed E-state index contributed by atoms with van der Waals surface area (Å²) in [6.07, 6.45) is 3.76. The Morgan fingerprint density at radius 1 is 1.50 bits per heavy atom. The van der Waals surface area contributed by atoms with Crippen LogP contribution in [0.25, 0.3) is 11.1 Å². The lowest BCUT2D eigenvalue weighted by Gasteiger charge is -1.94. The molecule has 2 heterocycles. The van der Waals surface area contributed by atoms with Gasteiger partial charge >= 0.3 is 0 Å². The Labute approximate surface area is 69.8 Å². The molecule has 4 N–H and O–H groups in total. The molecular weight excluding hydrogens is 152 g/mol. The SMILES string of the molecule is Cc1[nH]nc(N)c1-c1cc[nH]c1. The first-order valence-corrected chi connectivity index (χ1v) is 3.72. The third kappa shape index (κ3) is 0.887. The minimum atomic E-state index is 0.548. The highest BCUT2D eigenvalue weighted by Crippen LogP contribution is 2.26. The van der Waals surface area contributed by atoms with E-state index in [0.717, 1.165) is 16.8 Å². The number of hydrogen-bond acceptors (Lipinski definition) is 2. The Bertz CT molecular complexity index is 352. The van der Waals surface area contributed by atoms with Crippen LogP contribution in [0.4, 0.5) is 5.82 Å². The third-order valence-corrected chi connectivity index (χ3v) is 1.86. The van der Waals surface area contributed by atoms with E-state index in [4.69, 9.17) is 5.73 Å². The monoisotopic (exact) mass is 162 g/mol. The van der Waals surface area contributed by atoms with Crippen molar-refractivity contribution in [1.29, 1.82) is 0 Å². The summed E-state index contributed by atoms with van der Waals surface area (Å²) in [5, 5.41) is 6.75. The fraction of sp³-hybridized carbons (Fsp3) is 0.125. The van der Waals surface area contributed by atoms with Crippen molar-refractivity contribution in [3.8, 4) is 11.1 Å². The van der Waals surface area contributed by atoms with Crippen LogP contribution in [0.1, 0.15) is 5.69 Å². The van der Waals surface area contributed by atoms with Crippen LogP contribution in [0.2, 0.25) is 0 Å². The largest absolute Gasteiger partial charge is 0.382 e. The van der Waals surface area contributed by atoms with Crippen LogP contribution in [0.5, 0.6) is 0 Å². The number of nitrogen functional groups attached to an aromatic ring is 1. The number of rotatable bonds is 1. The highest BCUT2D eigenvalue weighted by Gasteiger charge is 2.08. The fourth-order valence-corrected chi connectivity index (χ4v) is 1.29. The number of nitrogens with two attached hydrogens (primary N) is 1. The van der Waals surface area contributed by atoms with Gasteiger partial charge in [-0.3, -0.25) is 5.10 Å². The van der Waals surface area contributed by atoms with Crippen molar-refractivity contribution < 1.29 is 0 Å². The molecule has 62 valence electrons. The molecule has 4 heteroatoms.